The van der Waals surface area contributed by atoms with E-state index in [-0.39, 0.29) is 19.3 Å². The van der Waals surface area contributed by atoms with Crippen LogP contribution < -0.4 is 18.9 Å². The summed E-state index contributed by atoms with van der Waals surface area (Å²) in [5.41, 5.74) is 2.63. The van der Waals surface area contributed by atoms with Crippen molar-refractivity contribution in [2.45, 2.75) is 32.2 Å². The van der Waals surface area contributed by atoms with Crippen molar-refractivity contribution >= 4 is 11.5 Å². The predicted octanol–water partition coefficient (Wildman–Crippen LogP) is 4.61. The van der Waals surface area contributed by atoms with Gasteiger partial charge >= 0.3 is 5.97 Å². The standard InChI is InChI=1S/C28H26O7/c1-17(2)34-22-9-4-18(5-10-22)14-23-26(19-6-13-24-25(15-19)33-16-32-24)27(29)35-28(23,30)20-7-11-21(31-3)12-8-20/h4-13,15,17,30H,14,16H2,1-3H3. The zero-order valence-electron chi connectivity index (χ0n) is 19.7. The van der Waals surface area contributed by atoms with Crippen LogP contribution in [0.1, 0.15) is 30.5 Å². The number of hydrogen-bond donors (Lipinski definition) is 1. The molecule has 7 nitrogen and oxygen atoms in total. The molecular weight excluding hydrogens is 448 g/mol. The third kappa shape index (κ3) is 4.31. The molecule has 0 aromatic heterocycles. The Bertz CT molecular complexity index is 1280. The number of ether oxygens (including phenoxy) is 5. The Kier molecular flexibility index (Phi) is 5.86. The smallest absolute Gasteiger partial charge is 0.342 e. The Balaban J connectivity index is 1.60. The minimum atomic E-state index is -1.94. The fourth-order valence-electron chi connectivity index (χ4n) is 4.30. The Morgan fingerprint density at radius 3 is 2.31 bits per heavy atom. The molecule has 0 spiro atoms. The summed E-state index contributed by atoms with van der Waals surface area (Å²) in [4.78, 5) is 13.2. The molecule has 2 heterocycles. The number of fused-ring (bicyclic) bond motifs is 1. The molecule has 7 heteroatoms. The van der Waals surface area contributed by atoms with Crippen molar-refractivity contribution < 1.29 is 33.6 Å². The van der Waals surface area contributed by atoms with Gasteiger partial charge < -0.3 is 28.8 Å². The number of benzene rings is 3. The molecule has 1 N–H and O–H groups in total. The lowest BCUT2D eigenvalue weighted by molar-refractivity contribution is -0.185. The third-order valence-corrected chi connectivity index (χ3v) is 5.97. The molecular formula is C28H26O7. The summed E-state index contributed by atoms with van der Waals surface area (Å²) < 4.78 is 27.6. The fourth-order valence-corrected chi connectivity index (χ4v) is 4.30. The van der Waals surface area contributed by atoms with Gasteiger partial charge in [0.05, 0.1) is 18.8 Å². The van der Waals surface area contributed by atoms with E-state index in [1.165, 1.54) is 0 Å². The Morgan fingerprint density at radius 1 is 0.943 bits per heavy atom. The zero-order chi connectivity index (χ0) is 24.6. The molecule has 0 saturated heterocycles. The van der Waals surface area contributed by atoms with E-state index in [1.54, 1.807) is 49.6 Å². The summed E-state index contributed by atoms with van der Waals surface area (Å²) in [6, 6.07) is 19.6. The molecule has 3 aromatic carbocycles. The second-order valence-electron chi connectivity index (χ2n) is 8.67. The molecule has 3 aromatic rings. The van der Waals surface area contributed by atoms with Crippen LogP contribution in [0.3, 0.4) is 0 Å². The fraction of sp³-hybridized carbons (Fsp3) is 0.250. The topological polar surface area (TPSA) is 83.5 Å². The quantitative estimate of drug-likeness (QED) is 0.501. The van der Waals surface area contributed by atoms with E-state index in [2.05, 4.69) is 0 Å². The van der Waals surface area contributed by atoms with E-state index in [4.69, 9.17) is 23.7 Å². The lowest BCUT2D eigenvalue weighted by Gasteiger charge is -2.26. The normalized spacial score (nSPS) is 18.7. The average Bonchev–Trinajstić information content (AvgIpc) is 3.42. The summed E-state index contributed by atoms with van der Waals surface area (Å²) in [6.45, 7) is 4.05. The third-order valence-electron chi connectivity index (χ3n) is 5.97. The predicted molar refractivity (Wildman–Crippen MR) is 128 cm³/mol. The largest absolute Gasteiger partial charge is 0.497 e. The Labute approximate surface area is 203 Å². The highest BCUT2D eigenvalue weighted by molar-refractivity contribution is 6.20. The van der Waals surface area contributed by atoms with Gasteiger partial charge in [0.25, 0.3) is 5.79 Å². The number of carbonyl (C=O) groups is 1. The van der Waals surface area contributed by atoms with Crippen LogP contribution in [0.4, 0.5) is 0 Å². The molecule has 0 bridgehead atoms. The van der Waals surface area contributed by atoms with E-state index >= 15 is 0 Å². The maximum atomic E-state index is 13.2. The van der Waals surface area contributed by atoms with Crippen molar-refractivity contribution in [2.24, 2.45) is 0 Å². The molecule has 2 aliphatic heterocycles. The second-order valence-corrected chi connectivity index (χ2v) is 8.67. The number of rotatable bonds is 7. The highest BCUT2D eigenvalue weighted by Crippen LogP contribution is 2.46. The maximum absolute atomic E-state index is 13.2. The SMILES string of the molecule is COc1ccc(C2(O)OC(=O)C(c3ccc4c(c3)OCO4)=C2Cc2ccc(OC(C)C)cc2)cc1. The minimum absolute atomic E-state index is 0.0576. The van der Waals surface area contributed by atoms with E-state index < -0.39 is 11.8 Å². The van der Waals surface area contributed by atoms with Crippen LogP contribution in [0.25, 0.3) is 5.57 Å². The first-order chi connectivity index (χ1) is 16.9. The highest BCUT2D eigenvalue weighted by Gasteiger charge is 2.48. The first-order valence-corrected chi connectivity index (χ1v) is 11.4. The first kappa shape index (κ1) is 22.8. The van der Waals surface area contributed by atoms with Crippen LogP contribution >= 0.6 is 0 Å². The van der Waals surface area contributed by atoms with Crippen molar-refractivity contribution in [3.63, 3.8) is 0 Å². The van der Waals surface area contributed by atoms with Crippen molar-refractivity contribution in [1.82, 2.24) is 0 Å². The lowest BCUT2D eigenvalue weighted by Crippen LogP contribution is -2.29. The van der Waals surface area contributed by atoms with Gasteiger partial charge in [-0.3, -0.25) is 0 Å². The number of methoxy groups -OCH3 is 1. The molecule has 0 saturated carbocycles. The summed E-state index contributed by atoms with van der Waals surface area (Å²) >= 11 is 0. The average molecular weight is 475 g/mol. The van der Waals surface area contributed by atoms with Crippen molar-refractivity contribution in [3.8, 4) is 23.0 Å². The van der Waals surface area contributed by atoms with E-state index in [9.17, 15) is 9.90 Å². The van der Waals surface area contributed by atoms with Gasteiger partial charge in [0, 0.05) is 17.6 Å². The zero-order valence-corrected chi connectivity index (χ0v) is 19.7. The molecule has 0 fully saturated rings. The van der Waals surface area contributed by atoms with Gasteiger partial charge in [-0.15, -0.1) is 0 Å². The van der Waals surface area contributed by atoms with Crippen LogP contribution in [0, 0.1) is 0 Å². The number of carbonyl (C=O) groups excluding carboxylic acids is 1. The van der Waals surface area contributed by atoms with E-state index in [0.29, 0.717) is 39.5 Å². The molecule has 2 aliphatic rings. The number of aliphatic hydroxyl groups is 1. The molecule has 0 aliphatic carbocycles. The number of hydrogen-bond acceptors (Lipinski definition) is 7. The molecule has 1 unspecified atom stereocenters. The van der Waals surface area contributed by atoms with Gasteiger partial charge in [0.1, 0.15) is 11.5 Å². The summed E-state index contributed by atoms with van der Waals surface area (Å²) in [7, 11) is 1.56. The van der Waals surface area contributed by atoms with Gasteiger partial charge in [0.15, 0.2) is 11.5 Å². The van der Waals surface area contributed by atoms with Crippen LogP contribution in [0.2, 0.25) is 0 Å². The van der Waals surface area contributed by atoms with Gasteiger partial charge in [-0.05, 0) is 73.5 Å². The molecule has 5 rings (SSSR count). The Morgan fingerprint density at radius 2 is 1.63 bits per heavy atom. The summed E-state index contributed by atoms with van der Waals surface area (Å²) in [5.74, 6) is -0.0354. The van der Waals surface area contributed by atoms with Gasteiger partial charge in [-0.2, -0.15) is 0 Å². The molecule has 0 amide bonds. The summed E-state index contributed by atoms with van der Waals surface area (Å²) in [6.07, 6.45) is 0.335. The van der Waals surface area contributed by atoms with Crippen molar-refractivity contribution in [2.75, 3.05) is 13.9 Å². The van der Waals surface area contributed by atoms with Gasteiger partial charge in [0.2, 0.25) is 6.79 Å². The van der Waals surface area contributed by atoms with E-state index in [1.807, 2.05) is 38.1 Å². The van der Waals surface area contributed by atoms with Crippen LogP contribution in [0.15, 0.2) is 72.3 Å². The van der Waals surface area contributed by atoms with Crippen molar-refractivity contribution in [3.05, 3.63) is 89.0 Å². The Hall–Kier alpha value is -3.97. The van der Waals surface area contributed by atoms with Crippen LogP contribution in [-0.2, 0) is 21.7 Å². The lowest BCUT2D eigenvalue weighted by atomic mass is 9.88. The van der Waals surface area contributed by atoms with Crippen LogP contribution in [-0.4, -0.2) is 31.1 Å². The first-order valence-electron chi connectivity index (χ1n) is 11.4. The number of esters is 1. The molecule has 35 heavy (non-hydrogen) atoms. The molecule has 1 atom stereocenters. The minimum Gasteiger partial charge on any atom is -0.497 e. The maximum Gasteiger partial charge on any atom is 0.342 e. The van der Waals surface area contributed by atoms with E-state index in [0.717, 1.165) is 11.3 Å². The van der Waals surface area contributed by atoms with Gasteiger partial charge in [-0.1, -0.05) is 18.2 Å². The van der Waals surface area contributed by atoms with Gasteiger partial charge in [-0.25, -0.2) is 4.79 Å². The summed E-state index contributed by atoms with van der Waals surface area (Å²) in [5, 5.41) is 11.8. The number of cyclic esters (lactones) is 1. The molecule has 180 valence electrons. The highest BCUT2D eigenvalue weighted by atomic mass is 16.7. The monoisotopic (exact) mass is 474 g/mol. The van der Waals surface area contributed by atoms with Crippen molar-refractivity contribution in [1.29, 1.82) is 0 Å². The molecule has 0 radical (unpaired) electrons. The van der Waals surface area contributed by atoms with Crippen LogP contribution in [0.5, 0.6) is 23.0 Å². The second kappa shape index (κ2) is 9.00.